The smallest absolute Gasteiger partial charge is 0.0992 e. The Labute approximate surface area is 134 Å². The van der Waals surface area contributed by atoms with Gasteiger partial charge in [-0.1, -0.05) is 19.3 Å². The van der Waals surface area contributed by atoms with E-state index in [0.29, 0.717) is 24.8 Å². The first-order valence-electron chi connectivity index (χ1n) is 7.42. The number of hydrogen-bond donors (Lipinski definition) is 2. The highest BCUT2D eigenvalue weighted by molar-refractivity contribution is 9.10. The van der Waals surface area contributed by atoms with E-state index in [0.717, 1.165) is 23.0 Å². The summed E-state index contributed by atoms with van der Waals surface area (Å²) in [7, 11) is 0. The molecule has 1 atom stereocenters. The van der Waals surface area contributed by atoms with Gasteiger partial charge in [-0.3, -0.25) is 0 Å². The minimum absolute atomic E-state index is 0.315. The van der Waals surface area contributed by atoms with Crippen LogP contribution in [-0.2, 0) is 4.74 Å². The third-order valence-electron chi connectivity index (χ3n) is 3.70. The van der Waals surface area contributed by atoms with E-state index >= 15 is 0 Å². The fourth-order valence-corrected chi connectivity index (χ4v) is 3.01. The van der Waals surface area contributed by atoms with Gasteiger partial charge in [0.2, 0.25) is 0 Å². The summed E-state index contributed by atoms with van der Waals surface area (Å²) in [6, 6.07) is 7.43. The summed E-state index contributed by atoms with van der Waals surface area (Å²) >= 11 is 3.41. The third-order valence-corrected chi connectivity index (χ3v) is 4.36. The van der Waals surface area contributed by atoms with Gasteiger partial charge in [0.25, 0.3) is 0 Å². The van der Waals surface area contributed by atoms with Gasteiger partial charge in [-0.2, -0.15) is 5.26 Å². The normalized spacial score (nSPS) is 17.2. The van der Waals surface area contributed by atoms with E-state index < -0.39 is 6.10 Å². The molecule has 114 valence electrons. The average Bonchev–Trinajstić information content (AvgIpc) is 2.52. The number of hydrogen-bond acceptors (Lipinski definition) is 4. The third kappa shape index (κ3) is 5.31. The molecule has 5 heteroatoms. The monoisotopic (exact) mass is 352 g/mol. The van der Waals surface area contributed by atoms with Crippen LogP contribution >= 0.6 is 15.9 Å². The topological polar surface area (TPSA) is 65.3 Å². The zero-order valence-electron chi connectivity index (χ0n) is 12.0. The lowest BCUT2D eigenvalue weighted by Gasteiger charge is -2.23. The SMILES string of the molecule is N#Cc1ccc(NCC(O)COC2CCCCC2)c(Br)c1. The number of nitrogens with zero attached hydrogens (tertiary/aromatic N) is 1. The molecule has 0 bridgehead atoms. The van der Waals surface area contributed by atoms with Gasteiger partial charge >= 0.3 is 0 Å². The second kappa shape index (κ2) is 8.38. The van der Waals surface area contributed by atoms with Crippen molar-refractivity contribution in [1.82, 2.24) is 0 Å². The van der Waals surface area contributed by atoms with Crippen LogP contribution in [0.1, 0.15) is 37.7 Å². The number of aliphatic hydroxyl groups excluding tert-OH is 1. The number of rotatable bonds is 6. The summed E-state index contributed by atoms with van der Waals surface area (Å²) in [5.74, 6) is 0. The van der Waals surface area contributed by atoms with Crippen molar-refractivity contribution in [3.05, 3.63) is 28.2 Å². The summed E-state index contributed by atoms with van der Waals surface area (Å²) in [5.41, 5.74) is 1.47. The number of anilines is 1. The number of nitrogens with one attached hydrogen (secondary N) is 1. The van der Waals surface area contributed by atoms with Crippen molar-refractivity contribution in [2.45, 2.75) is 44.3 Å². The number of benzene rings is 1. The molecule has 2 N–H and O–H groups in total. The molecule has 2 rings (SSSR count). The average molecular weight is 353 g/mol. The molecule has 0 radical (unpaired) electrons. The van der Waals surface area contributed by atoms with Crippen molar-refractivity contribution in [1.29, 1.82) is 5.26 Å². The van der Waals surface area contributed by atoms with E-state index in [1.54, 1.807) is 12.1 Å². The van der Waals surface area contributed by atoms with Crippen LogP contribution in [0.15, 0.2) is 22.7 Å². The highest BCUT2D eigenvalue weighted by atomic mass is 79.9. The summed E-state index contributed by atoms with van der Waals surface area (Å²) in [5, 5.41) is 22.0. The molecule has 0 heterocycles. The second-order valence-electron chi connectivity index (χ2n) is 5.43. The Morgan fingerprint density at radius 1 is 1.38 bits per heavy atom. The predicted molar refractivity (Wildman–Crippen MR) is 86.2 cm³/mol. The van der Waals surface area contributed by atoms with Crippen LogP contribution in [0.5, 0.6) is 0 Å². The fraction of sp³-hybridized carbons (Fsp3) is 0.562. The van der Waals surface area contributed by atoms with Gasteiger partial charge in [-0.25, -0.2) is 0 Å². The number of ether oxygens (including phenoxy) is 1. The van der Waals surface area contributed by atoms with Gasteiger partial charge in [0.15, 0.2) is 0 Å². The van der Waals surface area contributed by atoms with Crippen molar-refractivity contribution in [2.24, 2.45) is 0 Å². The molecular weight excluding hydrogens is 332 g/mol. The van der Waals surface area contributed by atoms with Crippen molar-refractivity contribution in [2.75, 3.05) is 18.5 Å². The van der Waals surface area contributed by atoms with E-state index in [1.807, 2.05) is 6.07 Å². The number of aliphatic hydroxyl groups is 1. The number of halogens is 1. The summed E-state index contributed by atoms with van der Waals surface area (Å²) in [6.45, 7) is 0.794. The van der Waals surface area contributed by atoms with Crippen LogP contribution in [0, 0.1) is 11.3 Å². The highest BCUT2D eigenvalue weighted by Gasteiger charge is 2.15. The Kier molecular flexibility index (Phi) is 6.50. The first kappa shape index (κ1) is 16.3. The van der Waals surface area contributed by atoms with Crippen LogP contribution in [0.2, 0.25) is 0 Å². The lowest BCUT2D eigenvalue weighted by atomic mass is 9.98. The maximum atomic E-state index is 9.98. The number of nitriles is 1. The minimum Gasteiger partial charge on any atom is -0.389 e. The molecule has 0 spiro atoms. The lowest BCUT2D eigenvalue weighted by Crippen LogP contribution is -2.28. The quantitative estimate of drug-likeness (QED) is 0.822. The molecular formula is C16H21BrN2O2. The molecule has 1 aliphatic carbocycles. The summed E-state index contributed by atoms with van der Waals surface area (Å²) in [6.07, 6.45) is 5.78. The largest absolute Gasteiger partial charge is 0.389 e. The standard InChI is InChI=1S/C16H21BrN2O2/c17-15-8-12(9-18)6-7-16(15)19-10-13(20)11-21-14-4-2-1-3-5-14/h6-8,13-14,19-20H,1-5,10-11H2. The maximum absolute atomic E-state index is 9.98. The lowest BCUT2D eigenvalue weighted by molar-refractivity contribution is -0.0195. The second-order valence-corrected chi connectivity index (χ2v) is 6.29. The van der Waals surface area contributed by atoms with Crippen LogP contribution in [0.3, 0.4) is 0 Å². The Hall–Kier alpha value is -1.09. The molecule has 1 aromatic rings. The molecule has 21 heavy (non-hydrogen) atoms. The first-order valence-corrected chi connectivity index (χ1v) is 8.21. The molecule has 0 amide bonds. The molecule has 0 aromatic heterocycles. The zero-order valence-corrected chi connectivity index (χ0v) is 13.6. The van der Waals surface area contributed by atoms with Gasteiger partial charge in [0.05, 0.1) is 30.4 Å². The van der Waals surface area contributed by atoms with E-state index in [2.05, 4.69) is 27.3 Å². The van der Waals surface area contributed by atoms with Gasteiger partial charge in [-0.05, 0) is 47.0 Å². The van der Waals surface area contributed by atoms with Crippen molar-refractivity contribution in [3.63, 3.8) is 0 Å². The minimum atomic E-state index is -0.533. The molecule has 1 saturated carbocycles. The fourth-order valence-electron chi connectivity index (χ4n) is 2.49. The molecule has 1 unspecified atom stereocenters. The first-order chi connectivity index (χ1) is 10.2. The Morgan fingerprint density at radius 3 is 2.81 bits per heavy atom. The zero-order chi connectivity index (χ0) is 15.1. The van der Waals surface area contributed by atoms with Crippen LogP contribution < -0.4 is 5.32 Å². The molecule has 1 aromatic carbocycles. The van der Waals surface area contributed by atoms with Crippen LogP contribution in [0.4, 0.5) is 5.69 Å². The van der Waals surface area contributed by atoms with Crippen molar-refractivity contribution in [3.8, 4) is 6.07 Å². The maximum Gasteiger partial charge on any atom is 0.0992 e. The molecule has 1 aliphatic rings. The van der Waals surface area contributed by atoms with E-state index in [-0.39, 0.29) is 0 Å². The van der Waals surface area contributed by atoms with E-state index in [1.165, 1.54) is 19.3 Å². The van der Waals surface area contributed by atoms with Gasteiger partial charge in [0, 0.05) is 16.7 Å². The van der Waals surface area contributed by atoms with Gasteiger partial charge in [0.1, 0.15) is 0 Å². The van der Waals surface area contributed by atoms with Gasteiger partial charge < -0.3 is 15.2 Å². The van der Waals surface area contributed by atoms with E-state index in [9.17, 15) is 5.11 Å². The molecule has 0 saturated heterocycles. The summed E-state index contributed by atoms with van der Waals surface area (Å²) in [4.78, 5) is 0. The van der Waals surface area contributed by atoms with Crippen molar-refractivity contribution < 1.29 is 9.84 Å². The predicted octanol–water partition coefficient (Wildman–Crippen LogP) is 3.44. The van der Waals surface area contributed by atoms with Crippen LogP contribution in [-0.4, -0.2) is 30.5 Å². The van der Waals surface area contributed by atoms with Gasteiger partial charge in [-0.15, -0.1) is 0 Å². The molecule has 4 nitrogen and oxygen atoms in total. The Bertz CT molecular complexity index is 496. The Morgan fingerprint density at radius 2 is 2.14 bits per heavy atom. The van der Waals surface area contributed by atoms with Crippen LogP contribution in [0.25, 0.3) is 0 Å². The summed E-state index contributed by atoms with van der Waals surface area (Å²) < 4.78 is 6.58. The highest BCUT2D eigenvalue weighted by Crippen LogP contribution is 2.23. The Balaban J connectivity index is 1.73. The molecule has 1 fully saturated rings. The van der Waals surface area contributed by atoms with E-state index in [4.69, 9.17) is 10.00 Å². The van der Waals surface area contributed by atoms with Crippen molar-refractivity contribution >= 4 is 21.6 Å². The molecule has 0 aliphatic heterocycles.